The van der Waals surface area contributed by atoms with E-state index in [0.717, 1.165) is 24.0 Å². The molecule has 1 aliphatic rings. The van der Waals surface area contributed by atoms with E-state index in [2.05, 4.69) is 27.1 Å². The molecule has 36 heavy (non-hydrogen) atoms. The van der Waals surface area contributed by atoms with Crippen molar-refractivity contribution in [3.8, 4) is 5.82 Å². The van der Waals surface area contributed by atoms with Gasteiger partial charge in [-0.25, -0.2) is 18.4 Å². The molecule has 0 saturated carbocycles. The van der Waals surface area contributed by atoms with E-state index in [1.165, 1.54) is 12.1 Å². The number of benzene rings is 2. The Balaban J connectivity index is 1.25. The molecule has 0 atom stereocenters. The van der Waals surface area contributed by atoms with Crippen molar-refractivity contribution in [1.82, 2.24) is 24.6 Å². The second kappa shape index (κ2) is 10.8. The predicted molar refractivity (Wildman–Crippen MR) is 132 cm³/mol. The molecule has 1 fully saturated rings. The smallest absolute Gasteiger partial charge is 0.255 e. The molecule has 184 valence electrons. The van der Waals surface area contributed by atoms with E-state index in [4.69, 9.17) is 0 Å². The second-order valence-corrected chi connectivity index (χ2v) is 9.02. The van der Waals surface area contributed by atoms with Crippen LogP contribution in [0.3, 0.4) is 0 Å². The fourth-order valence-electron chi connectivity index (χ4n) is 4.67. The minimum atomic E-state index is -0.840. The monoisotopic (exact) mass is 487 g/mol. The third-order valence-corrected chi connectivity index (χ3v) is 6.60. The number of halogens is 2. The van der Waals surface area contributed by atoms with Gasteiger partial charge in [0.25, 0.3) is 5.91 Å². The fourth-order valence-corrected chi connectivity index (χ4v) is 4.67. The summed E-state index contributed by atoms with van der Waals surface area (Å²) in [5.41, 5.74) is 2.43. The molecule has 6 nitrogen and oxygen atoms in total. The van der Waals surface area contributed by atoms with Crippen LogP contribution in [0.15, 0.2) is 85.3 Å². The van der Waals surface area contributed by atoms with Gasteiger partial charge in [-0.3, -0.25) is 9.69 Å². The van der Waals surface area contributed by atoms with Crippen LogP contribution < -0.4 is 0 Å². The Bertz CT molecular complexity index is 1290. The van der Waals surface area contributed by atoms with Crippen LogP contribution in [-0.2, 0) is 13.1 Å². The van der Waals surface area contributed by atoms with Crippen molar-refractivity contribution in [1.29, 1.82) is 0 Å². The summed E-state index contributed by atoms with van der Waals surface area (Å²) in [5.74, 6) is -1.06. The first kappa shape index (κ1) is 23.8. The molecule has 0 radical (unpaired) electrons. The molecule has 5 rings (SSSR count). The molecule has 2 aromatic carbocycles. The molecular formula is C28H27F2N5O. The van der Waals surface area contributed by atoms with Gasteiger partial charge in [0.2, 0.25) is 0 Å². The Hall–Kier alpha value is -3.91. The van der Waals surface area contributed by atoms with Crippen LogP contribution in [0.4, 0.5) is 8.78 Å². The standard InChI is InChI=1S/C28H27F2N5O/c29-25-9-7-22(17-26(25)30)20-34(19-21-5-2-1-3-6-21)24-11-15-33(16-12-24)28(36)23-8-10-27(31-18-23)35-14-4-13-32-35/h1-10,13-14,17-18,24H,11-12,15-16,19-20H2. The molecule has 8 heteroatoms. The molecule has 1 aliphatic heterocycles. The highest BCUT2D eigenvalue weighted by Crippen LogP contribution is 2.23. The summed E-state index contributed by atoms with van der Waals surface area (Å²) >= 11 is 0. The Morgan fingerprint density at radius 3 is 2.36 bits per heavy atom. The first-order chi connectivity index (χ1) is 17.6. The van der Waals surface area contributed by atoms with Gasteiger partial charge in [0.05, 0.1) is 5.56 Å². The zero-order chi connectivity index (χ0) is 24.9. The Kier molecular flexibility index (Phi) is 7.13. The van der Waals surface area contributed by atoms with Crippen molar-refractivity contribution in [3.05, 3.63) is 114 Å². The molecule has 0 N–H and O–H groups in total. The number of pyridine rings is 1. The van der Waals surface area contributed by atoms with E-state index < -0.39 is 11.6 Å². The minimum Gasteiger partial charge on any atom is -0.338 e. The van der Waals surface area contributed by atoms with E-state index in [0.29, 0.717) is 37.6 Å². The van der Waals surface area contributed by atoms with Crippen molar-refractivity contribution >= 4 is 5.91 Å². The maximum absolute atomic E-state index is 13.9. The van der Waals surface area contributed by atoms with Gasteiger partial charge < -0.3 is 4.90 Å². The highest BCUT2D eigenvalue weighted by molar-refractivity contribution is 5.94. The lowest BCUT2D eigenvalue weighted by Crippen LogP contribution is -2.46. The van der Waals surface area contributed by atoms with Gasteiger partial charge in [-0.15, -0.1) is 0 Å². The number of aromatic nitrogens is 3. The molecule has 1 saturated heterocycles. The lowest BCUT2D eigenvalue weighted by atomic mass is 10.0. The first-order valence-electron chi connectivity index (χ1n) is 12.0. The Labute approximate surface area is 208 Å². The molecule has 0 spiro atoms. The molecule has 0 unspecified atom stereocenters. The van der Waals surface area contributed by atoms with Crippen LogP contribution in [-0.4, -0.2) is 49.6 Å². The lowest BCUT2D eigenvalue weighted by Gasteiger charge is -2.38. The second-order valence-electron chi connectivity index (χ2n) is 9.02. The summed E-state index contributed by atoms with van der Waals surface area (Å²) in [7, 11) is 0. The highest BCUT2D eigenvalue weighted by Gasteiger charge is 2.28. The van der Waals surface area contributed by atoms with Crippen LogP contribution in [0, 0.1) is 11.6 Å². The summed E-state index contributed by atoms with van der Waals surface area (Å²) < 4.78 is 29.0. The van der Waals surface area contributed by atoms with Crippen LogP contribution in [0.5, 0.6) is 0 Å². The van der Waals surface area contributed by atoms with Crippen molar-refractivity contribution in [2.45, 2.75) is 32.0 Å². The lowest BCUT2D eigenvalue weighted by molar-refractivity contribution is 0.0594. The molecule has 0 aliphatic carbocycles. The van der Waals surface area contributed by atoms with Gasteiger partial charge in [-0.1, -0.05) is 36.4 Å². The predicted octanol–water partition coefficient (Wildman–Crippen LogP) is 4.85. The average molecular weight is 488 g/mol. The zero-order valence-corrected chi connectivity index (χ0v) is 19.8. The van der Waals surface area contributed by atoms with Crippen LogP contribution in [0.2, 0.25) is 0 Å². The van der Waals surface area contributed by atoms with Crippen molar-refractivity contribution in [3.63, 3.8) is 0 Å². The number of hydrogen-bond donors (Lipinski definition) is 0. The van der Waals surface area contributed by atoms with Gasteiger partial charge in [-0.05, 0) is 54.3 Å². The van der Waals surface area contributed by atoms with Gasteiger partial charge in [0.15, 0.2) is 17.5 Å². The molecular weight excluding hydrogens is 460 g/mol. The summed E-state index contributed by atoms with van der Waals surface area (Å²) in [4.78, 5) is 21.6. The molecule has 4 aromatic rings. The van der Waals surface area contributed by atoms with Crippen LogP contribution in [0.1, 0.15) is 34.3 Å². The van der Waals surface area contributed by atoms with E-state index in [1.54, 1.807) is 41.5 Å². The molecule has 3 heterocycles. The maximum atomic E-state index is 13.9. The topological polar surface area (TPSA) is 54.3 Å². The minimum absolute atomic E-state index is 0.0387. The van der Waals surface area contributed by atoms with Crippen molar-refractivity contribution < 1.29 is 13.6 Å². The van der Waals surface area contributed by atoms with Crippen molar-refractivity contribution in [2.24, 2.45) is 0 Å². The maximum Gasteiger partial charge on any atom is 0.255 e. The summed E-state index contributed by atoms with van der Waals surface area (Å²) in [6.45, 7) is 2.43. The third-order valence-electron chi connectivity index (χ3n) is 6.60. The van der Waals surface area contributed by atoms with E-state index >= 15 is 0 Å². The Morgan fingerprint density at radius 2 is 1.69 bits per heavy atom. The van der Waals surface area contributed by atoms with Gasteiger partial charge >= 0.3 is 0 Å². The SMILES string of the molecule is O=C(c1ccc(-n2cccn2)nc1)N1CCC(N(Cc2ccccc2)Cc2ccc(F)c(F)c2)CC1. The number of hydrogen-bond acceptors (Lipinski definition) is 4. The normalized spacial score (nSPS) is 14.4. The first-order valence-corrected chi connectivity index (χ1v) is 12.0. The number of carbonyl (C=O) groups is 1. The fraction of sp³-hybridized carbons (Fsp3) is 0.250. The van der Waals surface area contributed by atoms with Gasteiger partial charge in [-0.2, -0.15) is 5.10 Å². The molecule has 1 amide bonds. The van der Waals surface area contributed by atoms with Crippen LogP contribution >= 0.6 is 0 Å². The van der Waals surface area contributed by atoms with E-state index in [-0.39, 0.29) is 11.9 Å². The van der Waals surface area contributed by atoms with Crippen LogP contribution in [0.25, 0.3) is 5.82 Å². The largest absolute Gasteiger partial charge is 0.338 e. The summed E-state index contributed by atoms with van der Waals surface area (Å²) in [6, 6.07) is 19.8. The number of carbonyl (C=O) groups excluding carboxylic acids is 1. The third kappa shape index (κ3) is 5.49. The highest BCUT2D eigenvalue weighted by atomic mass is 19.2. The number of rotatable bonds is 7. The summed E-state index contributed by atoms with van der Waals surface area (Å²) in [6.07, 6.45) is 6.66. The summed E-state index contributed by atoms with van der Waals surface area (Å²) in [5, 5.41) is 4.16. The Morgan fingerprint density at radius 1 is 0.917 bits per heavy atom. The number of nitrogens with zero attached hydrogens (tertiary/aromatic N) is 5. The van der Waals surface area contributed by atoms with Crippen molar-refractivity contribution in [2.75, 3.05) is 13.1 Å². The number of piperidine rings is 1. The van der Waals surface area contributed by atoms with Gasteiger partial charge in [0.1, 0.15) is 0 Å². The molecule has 0 bridgehead atoms. The van der Waals surface area contributed by atoms with E-state index in [9.17, 15) is 13.6 Å². The molecule has 2 aromatic heterocycles. The number of amides is 1. The quantitative estimate of drug-likeness (QED) is 0.374. The zero-order valence-electron chi connectivity index (χ0n) is 19.8. The average Bonchev–Trinajstić information content (AvgIpc) is 3.46. The van der Waals surface area contributed by atoms with Gasteiger partial charge in [0, 0.05) is 50.8 Å². The number of likely N-dealkylation sites (tertiary alicyclic amines) is 1. The van der Waals surface area contributed by atoms with E-state index in [1.807, 2.05) is 29.2 Å².